The van der Waals surface area contributed by atoms with Crippen molar-refractivity contribution in [3.63, 3.8) is 0 Å². The van der Waals surface area contributed by atoms with Crippen molar-refractivity contribution in [1.29, 1.82) is 0 Å². The van der Waals surface area contributed by atoms with Gasteiger partial charge in [0.05, 0.1) is 7.11 Å². The molecule has 8 heteroatoms. The molecule has 4 aromatic rings. The summed E-state index contributed by atoms with van der Waals surface area (Å²) in [5, 5.41) is 6.00. The third-order valence-electron chi connectivity index (χ3n) is 4.97. The van der Waals surface area contributed by atoms with Crippen LogP contribution in [0.5, 0.6) is 17.4 Å². The molecule has 0 atom stereocenters. The number of rotatable bonds is 8. The molecular weight excluding hydrogens is 430 g/mol. The molecule has 34 heavy (non-hydrogen) atoms. The van der Waals surface area contributed by atoms with Crippen LogP contribution in [-0.4, -0.2) is 23.0 Å². The van der Waals surface area contributed by atoms with Gasteiger partial charge in [0.25, 0.3) is 5.91 Å². The molecule has 0 fully saturated rings. The fourth-order valence-electron chi connectivity index (χ4n) is 3.16. The van der Waals surface area contributed by atoms with Crippen LogP contribution in [0, 0.1) is 6.92 Å². The smallest absolute Gasteiger partial charge is 0.258 e. The Morgan fingerprint density at radius 1 is 1.00 bits per heavy atom. The Labute approximate surface area is 197 Å². The summed E-state index contributed by atoms with van der Waals surface area (Å²) in [6, 6.07) is 22.2. The van der Waals surface area contributed by atoms with E-state index in [-0.39, 0.29) is 23.3 Å². The molecule has 0 saturated heterocycles. The number of benzene rings is 3. The number of aryl methyl sites for hydroxylation is 1. The van der Waals surface area contributed by atoms with E-state index in [1.54, 1.807) is 31.4 Å². The number of aromatic nitrogens is 2. The number of carbonyl (C=O) groups is 1. The average molecular weight is 456 g/mol. The first-order chi connectivity index (χ1) is 16.5. The molecule has 0 radical (unpaired) electrons. The summed E-state index contributed by atoms with van der Waals surface area (Å²) >= 11 is 0. The van der Waals surface area contributed by atoms with E-state index in [0.717, 1.165) is 16.8 Å². The lowest BCUT2D eigenvalue weighted by molar-refractivity contribution is 0.0947. The Kier molecular flexibility index (Phi) is 6.88. The Balaban J connectivity index is 1.59. The van der Waals surface area contributed by atoms with Crippen molar-refractivity contribution < 1.29 is 14.3 Å². The van der Waals surface area contributed by atoms with Gasteiger partial charge in [0.2, 0.25) is 11.8 Å². The highest BCUT2D eigenvalue weighted by Crippen LogP contribution is 2.27. The van der Waals surface area contributed by atoms with Gasteiger partial charge in [-0.25, -0.2) is 4.98 Å². The van der Waals surface area contributed by atoms with Crippen LogP contribution in [0.15, 0.2) is 79.0 Å². The number of anilines is 3. The molecule has 0 aliphatic rings. The van der Waals surface area contributed by atoms with E-state index in [2.05, 4.69) is 20.6 Å². The first kappa shape index (κ1) is 22.6. The zero-order valence-corrected chi connectivity index (χ0v) is 18.9. The van der Waals surface area contributed by atoms with Crippen LogP contribution in [0.4, 0.5) is 17.3 Å². The minimum absolute atomic E-state index is 0.104. The second-order valence-electron chi connectivity index (χ2n) is 7.61. The van der Waals surface area contributed by atoms with Crippen LogP contribution in [0.25, 0.3) is 0 Å². The third-order valence-corrected chi connectivity index (χ3v) is 4.97. The van der Waals surface area contributed by atoms with Crippen LogP contribution in [0.3, 0.4) is 0 Å². The Morgan fingerprint density at radius 2 is 1.76 bits per heavy atom. The molecule has 3 aromatic carbocycles. The first-order valence-corrected chi connectivity index (χ1v) is 10.7. The first-order valence-electron chi connectivity index (χ1n) is 10.7. The van der Waals surface area contributed by atoms with Crippen molar-refractivity contribution in [1.82, 2.24) is 15.3 Å². The molecule has 0 spiro atoms. The van der Waals surface area contributed by atoms with Gasteiger partial charge < -0.3 is 25.8 Å². The number of ether oxygens (including phenoxy) is 2. The van der Waals surface area contributed by atoms with Gasteiger partial charge in [0, 0.05) is 36.2 Å². The second-order valence-corrected chi connectivity index (χ2v) is 7.61. The summed E-state index contributed by atoms with van der Waals surface area (Å²) in [5.41, 5.74) is 9.47. The van der Waals surface area contributed by atoms with Crippen molar-refractivity contribution in [2.45, 2.75) is 13.5 Å². The minimum atomic E-state index is -0.354. The molecule has 1 amide bonds. The van der Waals surface area contributed by atoms with E-state index in [0.29, 0.717) is 23.7 Å². The number of hydrogen-bond donors (Lipinski definition) is 3. The van der Waals surface area contributed by atoms with Crippen molar-refractivity contribution >= 4 is 23.2 Å². The highest BCUT2D eigenvalue weighted by molar-refractivity contribution is 5.96. The molecule has 8 nitrogen and oxygen atoms in total. The molecule has 1 aromatic heterocycles. The van der Waals surface area contributed by atoms with E-state index in [9.17, 15) is 4.79 Å². The van der Waals surface area contributed by atoms with E-state index < -0.39 is 0 Å². The molecule has 4 N–H and O–H groups in total. The Bertz CT molecular complexity index is 1290. The van der Waals surface area contributed by atoms with Crippen molar-refractivity contribution in [2.75, 3.05) is 18.2 Å². The molecule has 1 heterocycles. The number of carbonyl (C=O) groups excluding carboxylic acids is 1. The number of methoxy groups -OCH3 is 1. The number of amides is 1. The standard InChI is InChI=1S/C26H25N5O3/c1-17-9-11-18(12-10-17)15-28-24(32)23-16-29-26(30-20-6-4-7-21(14-20)33-2)31-25(23)34-22-8-3-5-19(27)13-22/h3-14,16H,15,27H2,1-2H3,(H,28,32)(H,29,30,31). The lowest BCUT2D eigenvalue weighted by atomic mass is 10.1. The van der Waals surface area contributed by atoms with Gasteiger partial charge in [0.1, 0.15) is 17.1 Å². The Hall–Kier alpha value is -4.59. The zero-order valence-electron chi connectivity index (χ0n) is 18.9. The van der Waals surface area contributed by atoms with Gasteiger partial charge in [-0.3, -0.25) is 4.79 Å². The summed E-state index contributed by atoms with van der Waals surface area (Å²) in [5.74, 6) is 1.16. The topological polar surface area (TPSA) is 111 Å². The fourth-order valence-corrected chi connectivity index (χ4v) is 3.16. The van der Waals surface area contributed by atoms with E-state index in [1.807, 2.05) is 55.5 Å². The average Bonchev–Trinajstić information content (AvgIpc) is 2.84. The molecule has 0 aliphatic carbocycles. The van der Waals surface area contributed by atoms with Gasteiger partial charge in [0.15, 0.2) is 0 Å². The summed E-state index contributed by atoms with van der Waals surface area (Å²) in [4.78, 5) is 21.7. The Morgan fingerprint density at radius 3 is 2.53 bits per heavy atom. The molecule has 0 saturated carbocycles. The van der Waals surface area contributed by atoms with Gasteiger partial charge >= 0.3 is 0 Å². The van der Waals surface area contributed by atoms with Gasteiger partial charge in [-0.2, -0.15) is 4.98 Å². The largest absolute Gasteiger partial charge is 0.497 e. The number of nitrogens with one attached hydrogen (secondary N) is 2. The van der Waals surface area contributed by atoms with Gasteiger partial charge in [-0.15, -0.1) is 0 Å². The normalized spacial score (nSPS) is 10.4. The molecular formula is C26H25N5O3. The maximum Gasteiger partial charge on any atom is 0.258 e. The highest BCUT2D eigenvalue weighted by atomic mass is 16.5. The third kappa shape index (κ3) is 5.80. The van der Waals surface area contributed by atoms with Crippen LogP contribution < -0.4 is 25.8 Å². The van der Waals surface area contributed by atoms with Crippen molar-refractivity contribution in [2.24, 2.45) is 0 Å². The van der Waals surface area contributed by atoms with Crippen LogP contribution >= 0.6 is 0 Å². The summed E-state index contributed by atoms with van der Waals surface area (Å²) in [6.45, 7) is 2.38. The lowest BCUT2D eigenvalue weighted by Gasteiger charge is -2.13. The maximum atomic E-state index is 13.0. The summed E-state index contributed by atoms with van der Waals surface area (Å²) < 4.78 is 11.2. The SMILES string of the molecule is COc1cccc(Nc2ncc(C(=O)NCc3ccc(C)cc3)c(Oc3cccc(N)c3)n2)c1. The second kappa shape index (κ2) is 10.4. The number of nitrogen functional groups attached to an aromatic ring is 1. The van der Waals surface area contributed by atoms with Crippen LogP contribution in [0.1, 0.15) is 21.5 Å². The van der Waals surface area contributed by atoms with Crippen LogP contribution in [0.2, 0.25) is 0 Å². The van der Waals surface area contributed by atoms with E-state index in [4.69, 9.17) is 15.2 Å². The van der Waals surface area contributed by atoms with E-state index in [1.165, 1.54) is 6.20 Å². The lowest BCUT2D eigenvalue weighted by Crippen LogP contribution is -2.24. The molecule has 0 bridgehead atoms. The highest BCUT2D eigenvalue weighted by Gasteiger charge is 2.17. The summed E-state index contributed by atoms with van der Waals surface area (Å²) in [6.07, 6.45) is 1.43. The predicted octanol–water partition coefficient (Wildman–Crippen LogP) is 4.84. The molecule has 4 rings (SSSR count). The number of nitrogens with zero attached hydrogens (tertiary/aromatic N) is 2. The minimum Gasteiger partial charge on any atom is -0.497 e. The van der Waals surface area contributed by atoms with Crippen molar-refractivity contribution in [3.8, 4) is 17.4 Å². The maximum absolute atomic E-state index is 13.0. The monoisotopic (exact) mass is 455 g/mol. The fraction of sp³-hybridized carbons (Fsp3) is 0.115. The molecule has 0 unspecified atom stereocenters. The molecule has 172 valence electrons. The number of hydrogen-bond acceptors (Lipinski definition) is 7. The van der Waals surface area contributed by atoms with E-state index >= 15 is 0 Å². The summed E-state index contributed by atoms with van der Waals surface area (Å²) in [7, 11) is 1.59. The number of nitrogens with two attached hydrogens (primary N) is 1. The molecule has 0 aliphatic heterocycles. The van der Waals surface area contributed by atoms with Crippen molar-refractivity contribution in [3.05, 3.63) is 95.7 Å². The van der Waals surface area contributed by atoms with Gasteiger partial charge in [-0.05, 0) is 36.8 Å². The quantitative estimate of drug-likeness (QED) is 0.326. The zero-order chi connectivity index (χ0) is 23.9. The van der Waals surface area contributed by atoms with Crippen LogP contribution in [-0.2, 0) is 6.54 Å². The van der Waals surface area contributed by atoms with Gasteiger partial charge in [-0.1, -0.05) is 42.0 Å². The predicted molar refractivity (Wildman–Crippen MR) is 132 cm³/mol.